The molecule has 4 nitrogen and oxygen atoms in total. The molecule has 0 aliphatic carbocycles. The van der Waals surface area contributed by atoms with E-state index in [1.165, 1.54) is 0 Å². The number of methoxy groups -OCH3 is 1. The zero-order valence-electron chi connectivity index (χ0n) is 13.3. The third-order valence-electron chi connectivity index (χ3n) is 3.56. The Balaban J connectivity index is 2.36. The molecule has 0 atom stereocenters. The Hall–Kier alpha value is -1.85. The maximum absolute atomic E-state index is 12.7. The summed E-state index contributed by atoms with van der Waals surface area (Å²) >= 11 is 0. The lowest BCUT2D eigenvalue weighted by atomic mass is 9.96. The van der Waals surface area contributed by atoms with Crippen molar-refractivity contribution in [3.05, 3.63) is 59.7 Å². The van der Waals surface area contributed by atoms with Crippen molar-refractivity contribution < 1.29 is 13.2 Å². The molecule has 0 aliphatic rings. The van der Waals surface area contributed by atoms with Gasteiger partial charge in [0, 0.05) is 0 Å². The molecule has 0 aliphatic heterocycles. The molecule has 0 spiro atoms. The summed E-state index contributed by atoms with van der Waals surface area (Å²) in [4.78, 5) is 0.261. The average Bonchev–Trinajstić information content (AvgIpc) is 2.46. The van der Waals surface area contributed by atoms with Crippen LogP contribution >= 0.6 is 0 Å². The maximum atomic E-state index is 12.7. The van der Waals surface area contributed by atoms with Gasteiger partial charge in [-0.1, -0.05) is 30.3 Å². The molecular weight excluding hydrogens is 298 g/mol. The van der Waals surface area contributed by atoms with E-state index in [1.54, 1.807) is 32.2 Å². The van der Waals surface area contributed by atoms with E-state index in [9.17, 15) is 8.42 Å². The SMILES string of the molecule is COc1ccc(S(=O)(=O)NC(C)(C)c2ccccc2)c(C)c1. The second-order valence-electron chi connectivity index (χ2n) is 5.73. The molecule has 0 saturated heterocycles. The Morgan fingerprint density at radius 2 is 1.68 bits per heavy atom. The first-order valence-electron chi connectivity index (χ1n) is 7.00. The van der Waals surface area contributed by atoms with Crippen molar-refractivity contribution in [3.8, 4) is 5.75 Å². The minimum Gasteiger partial charge on any atom is -0.497 e. The number of sulfonamides is 1. The number of aryl methyl sites for hydroxylation is 1. The maximum Gasteiger partial charge on any atom is 0.241 e. The van der Waals surface area contributed by atoms with Gasteiger partial charge in [-0.15, -0.1) is 0 Å². The predicted molar refractivity (Wildman–Crippen MR) is 87.5 cm³/mol. The van der Waals surface area contributed by atoms with Gasteiger partial charge in [-0.2, -0.15) is 0 Å². The van der Waals surface area contributed by atoms with Crippen molar-refractivity contribution in [1.29, 1.82) is 0 Å². The van der Waals surface area contributed by atoms with Crippen molar-refractivity contribution in [1.82, 2.24) is 4.72 Å². The topological polar surface area (TPSA) is 55.4 Å². The van der Waals surface area contributed by atoms with Crippen LogP contribution in [-0.4, -0.2) is 15.5 Å². The summed E-state index contributed by atoms with van der Waals surface area (Å²) in [5.74, 6) is 0.638. The van der Waals surface area contributed by atoms with Gasteiger partial charge in [0.15, 0.2) is 0 Å². The number of benzene rings is 2. The molecule has 0 amide bonds. The highest BCUT2D eigenvalue weighted by molar-refractivity contribution is 7.89. The summed E-state index contributed by atoms with van der Waals surface area (Å²) in [5, 5.41) is 0. The largest absolute Gasteiger partial charge is 0.497 e. The van der Waals surface area contributed by atoms with Gasteiger partial charge in [0.1, 0.15) is 5.75 Å². The fourth-order valence-electron chi connectivity index (χ4n) is 2.36. The zero-order valence-corrected chi connectivity index (χ0v) is 14.1. The van der Waals surface area contributed by atoms with Gasteiger partial charge in [-0.05, 0) is 50.1 Å². The van der Waals surface area contributed by atoms with Crippen LogP contribution in [0.4, 0.5) is 0 Å². The Morgan fingerprint density at radius 3 is 2.23 bits per heavy atom. The highest BCUT2D eigenvalue weighted by Gasteiger charge is 2.28. The average molecular weight is 319 g/mol. The quantitative estimate of drug-likeness (QED) is 0.920. The molecule has 2 aromatic carbocycles. The van der Waals surface area contributed by atoms with Crippen LogP contribution in [0.3, 0.4) is 0 Å². The number of hydrogen-bond acceptors (Lipinski definition) is 3. The van der Waals surface area contributed by atoms with Crippen LogP contribution in [0.5, 0.6) is 5.75 Å². The van der Waals surface area contributed by atoms with E-state index < -0.39 is 15.6 Å². The minimum atomic E-state index is -3.63. The van der Waals surface area contributed by atoms with Crippen molar-refractivity contribution in [2.24, 2.45) is 0 Å². The highest BCUT2D eigenvalue weighted by atomic mass is 32.2. The van der Waals surface area contributed by atoms with Gasteiger partial charge in [0.25, 0.3) is 0 Å². The Labute approximate surface area is 132 Å². The fraction of sp³-hybridized carbons (Fsp3) is 0.294. The van der Waals surface area contributed by atoms with Crippen molar-refractivity contribution in [2.75, 3.05) is 7.11 Å². The number of ether oxygens (including phenoxy) is 1. The van der Waals surface area contributed by atoms with Crippen LogP contribution in [0.25, 0.3) is 0 Å². The standard InChI is InChI=1S/C17H21NO3S/c1-13-12-15(21-4)10-11-16(13)22(19,20)18-17(2,3)14-8-6-5-7-9-14/h5-12,18H,1-4H3. The fourth-order valence-corrected chi connectivity index (χ4v) is 3.98. The van der Waals surface area contributed by atoms with Crippen LogP contribution in [0.1, 0.15) is 25.0 Å². The van der Waals surface area contributed by atoms with Crippen LogP contribution in [0, 0.1) is 6.92 Å². The van der Waals surface area contributed by atoms with Crippen molar-refractivity contribution in [3.63, 3.8) is 0 Å². The van der Waals surface area contributed by atoms with Gasteiger partial charge in [0.2, 0.25) is 10.0 Å². The smallest absolute Gasteiger partial charge is 0.241 e. The molecule has 0 unspecified atom stereocenters. The molecule has 0 saturated carbocycles. The lowest BCUT2D eigenvalue weighted by Gasteiger charge is -2.27. The Kier molecular flexibility index (Phi) is 4.58. The van der Waals surface area contributed by atoms with Gasteiger partial charge < -0.3 is 4.74 Å². The number of hydrogen-bond donors (Lipinski definition) is 1. The molecule has 118 valence electrons. The highest BCUT2D eigenvalue weighted by Crippen LogP contribution is 2.26. The molecule has 0 heterocycles. The third-order valence-corrected chi connectivity index (χ3v) is 5.37. The Morgan fingerprint density at radius 1 is 1.05 bits per heavy atom. The molecule has 22 heavy (non-hydrogen) atoms. The molecule has 0 aromatic heterocycles. The molecular formula is C17H21NO3S. The van der Waals surface area contributed by atoms with E-state index >= 15 is 0 Å². The first-order chi connectivity index (χ1) is 10.3. The number of rotatable bonds is 5. The molecule has 0 radical (unpaired) electrons. The lowest BCUT2D eigenvalue weighted by Crippen LogP contribution is -2.41. The first-order valence-corrected chi connectivity index (χ1v) is 8.49. The predicted octanol–water partition coefficient (Wildman–Crippen LogP) is 3.22. The van der Waals surface area contributed by atoms with Gasteiger partial charge in [0.05, 0.1) is 17.5 Å². The van der Waals surface area contributed by atoms with Crippen LogP contribution in [-0.2, 0) is 15.6 Å². The van der Waals surface area contributed by atoms with E-state index in [0.29, 0.717) is 11.3 Å². The summed E-state index contributed by atoms with van der Waals surface area (Å²) < 4.78 is 33.3. The third kappa shape index (κ3) is 3.48. The van der Waals surface area contributed by atoms with Gasteiger partial charge >= 0.3 is 0 Å². The summed E-state index contributed by atoms with van der Waals surface area (Å²) in [5.41, 5.74) is 0.854. The van der Waals surface area contributed by atoms with Crippen LogP contribution in [0.15, 0.2) is 53.4 Å². The summed E-state index contributed by atoms with van der Waals surface area (Å²) in [6.45, 7) is 5.45. The van der Waals surface area contributed by atoms with Gasteiger partial charge in [-0.3, -0.25) is 0 Å². The summed E-state index contributed by atoms with van der Waals surface area (Å²) in [6.07, 6.45) is 0. The first kappa shape index (κ1) is 16.5. The van der Waals surface area contributed by atoms with E-state index in [2.05, 4.69) is 4.72 Å². The molecule has 2 aromatic rings. The molecule has 0 fully saturated rings. The lowest BCUT2D eigenvalue weighted by molar-refractivity contribution is 0.414. The van der Waals surface area contributed by atoms with Crippen molar-refractivity contribution in [2.45, 2.75) is 31.2 Å². The summed E-state index contributed by atoms with van der Waals surface area (Å²) in [6, 6.07) is 14.4. The second kappa shape index (κ2) is 6.10. The van der Waals surface area contributed by atoms with Crippen molar-refractivity contribution >= 4 is 10.0 Å². The van der Waals surface area contributed by atoms with E-state index in [0.717, 1.165) is 5.56 Å². The molecule has 2 rings (SSSR count). The van der Waals surface area contributed by atoms with Crippen LogP contribution in [0.2, 0.25) is 0 Å². The van der Waals surface area contributed by atoms with Gasteiger partial charge in [-0.25, -0.2) is 13.1 Å². The normalized spacial score (nSPS) is 12.2. The molecule has 5 heteroatoms. The Bertz CT molecular complexity index is 753. The molecule has 0 bridgehead atoms. The monoisotopic (exact) mass is 319 g/mol. The minimum absolute atomic E-state index is 0.261. The zero-order chi connectivity index (χ0) is 16.4. The van der Waals surface area contributed by atoms with E-state index in [-0.39, 0.29) is 4.90 Å². The summed E-state index contributed by atoms with van der Waals surface area (Å²) in [7, 11) is -2.07. The van der Waals surface area contributed by atoms with Crippen LogP contribution < -0.4 is 9.46 Å². The number of nitrogens with one attached hydrogen (secondary N) is 1. The van der Waals surface area contributed by atoms with E-state index in [4.69, 9.17) is 4.74 Å². The second-order valence-corrected chi connectivity index (χ2v) is 7.38. The molecule has 1 N–H and O–H groups in total. The van der Waals surface area contributed by atoms with E-state index in [1.807, 2.05) is 44.2 Å².